The van der Waals surface area contributed by atoms with Crippen molar-refractivity contribution in [1.29, 1.82) is 0 Å². The quantitative estimate of drug-likeness (QED) is 0.750. The van der Waals surface area contributed by atoms with Gasteiger partial charge in [-0.25, -0.2) is 0 Å². The summed E-state index contributed by atoms with van der Waals surface area (Å²) < 4.78 is 0. The minimum atomic E-state index is -0.598. The molecule has 3 heteroatoms. The highest BCUT2D eigenvalue weighted by atomic mass is 16.4. The molecule has 0 bridgehead atoms. The minimum absolute atomic E-state index is 0.154. The third-order valence-corrected chi connectivity index (χ3v) is 4.90. The van der Waals surface area contributed by atoms with Crippen molar-refractivity contribution in [3.8, 4) is 0 Å². The maximum Gasteiger partial charge on any atom is 0.310 e. The maximum absolute atomic E-state index is 11.8. The van der Waals surface area contributed by atoms with Crippen molar-refractivity contribution in [1.82, 2.24) is 4.90 Å². The summed E-state index contributed by atoms with van der Waals surface area (Å²) >= 11 is 0. The van der Waals surface area contributed by atoms with E-state index in [0.29, 0.717) is 0 Å². The van der Waals surface area contributed by atoms with Crippen LogP contribution in [0.4, 0.5) is 0 Å². The Bertz CT molecular complexity index is 329. The van der Waals surface area contributed by atoms with Crippen LogP contribution in [0, 0.1) is 10.8 Å². The second-order valence-corrected chi connectivity index (χ2v) is 5.90. The summed E-state index contributed by atoms with van der Waals surface area (Å²) in [5.41, 5.74) is -0.700. The van der Waals surface area contributed by atoms with Gasteiger partial charge in [-0.3, -0.25) is 4.79 Å². The van der Waals surface area contributed by atoms with Crippen LogP contribution in [-0.2, 0) is 4.79 Å². The molecule has 1 N–H and O–H groups in total. The number of allylic oxidation sites excluding steroid dienone is 2. The van der Waals surface area contributed by atoms with Gasteiger partial charge < -0.3 is 10.0 Å². The lowest BCUT2D eigenvalue weighted by Crippen LogP contribution is -2.52. The molecular weight excluding hydrogens is 214 g/mol. The Labute approximate surface area is 103 Å². The van der Waals surface area contributed by atoms with Gasteiger partial charge in [-0.05, 0) is 52.2 Å². The normalized spacial score (nSPS) is 33.5. The van der Waals surface area contributed by atoms with E-state index in [1.54, 1.807) is 0 Å². The number of carbonyl (C=O) groups is 1. The lowest BCUT2D eigenvalue weighted by Gasteiger charge is -2.49. The first kappa shape index (κ1) is 12.6. The van der Waals surface area contributed by atoms with E-state index in [1.165, 1.54) is 0 Å². The largest absolute Gasteiger partial charge is 0.481 e. The number of likely N-dealkylation sites (tertiary alicyclic amines) is 1. The van der Waals surface area contributed by atoms with Crippen LogP contribution in [0.5, 0.6) is 0 Å². The number of carboxylic acids is 1. The summed E-state index contributed by atoms with van der Waals surface area (Å²) in [5.74, 6) is -0.598. The smallest absolute Gasteiger partial charge is 0.310 e. The maximum atomic E-state index is 11.8. The molecule has 0 saturated carbocycles. The number of piperidine rings is 1. The molecule has 1 atom stereocenters. The molecule has 1 heterocycles. The SMILES string of the molecule is CN1CCC(C(=O)O)(C2(C)C=CCCC2)CC1. The minimum Gasteiger partial charge on any atom is -0.481 e. The summed E-state index contributed by atoms with van der Waals surface area (Å²) in [4.78, 5) is 14.1. The second-order valence-electron chi connectivity index (χ2n) is 5.90. The summed E-state index contributed by atoms with van der Waals surface area (Å²) in [6.07, 6.45) is 9.14. The van der Waals surface area contributed by atoms with Crippen LogP contribution in [0.2, 0.25) is 0 Å². The van der Waals surface area contributed by atoms with E-state index in [9.17, 15) is 9.90 Å². The van der Waals surface area contributed by atoms with Crippen molar-refractivity contribution >= 4 is 5.97 Å². The molecule has 0 aromatic heterocycles. The zero-order chi connectivity index (χ0) is 12.5. The van der Waals surface area contributed by atoms with Gasteiger partial charge in [0.25, 0.3) is 0 Å². The molecule has 1 saturated heterocycles. The van der Waals surface area contributed by atoms with E-state index >= 15 is 0 Å². The van der Waals surface area contributed by atoms with Gasteiger partial charge in [-0.15, -0.1) is 0 Å². The Balaban J connectivity index is 2.31. The van der Waals surface area contributed by atoms with Gasteiger partial charge >= 0.3 is 5.97 Å². The molecule has 0 amide bonds. The van der Waals surface area contributed by atoms with Gasteiger partial charge in [0.05, 0.1) is 5.41 Å². The van der Waals surface area contributed by atoms with Crippen LogP contribution < -0.4 is 0 Å². The highest BCUT2D eigenvalue weighted by Gasteiger charge is 2.53. The zero-order valence-electron chi connectivity index (χ0n) is 10.9. The van der Waals surface area contributed by atoms with Crippen molar-refractivity contribution in [2.75, 3.05) is 20.1 Å². The van der Waals surface area contributed by atoms with Gasteiger partial charge in [0.1, 0.15) is 0 Å². The summed E-state index contributed by atoms with van der Waals surface area (Å²) in [6.45, 7) is 3.94. The second kappa shape index (κ2) is 4.45. The fourth-order valence-corrected chi connectivity index (χ4v) is 3.44. The lowest BCUT2D eigenvalue weighted by molar-refractivity contribution is -0.160. The van der Waals surface area contributed by atoms with Crippen LogP contribution in [-0.4, -0.2) is 36.1 Å². The Hall–Kier alpha value is -0.830. The van der Waals surface area contributed by atoms with Gasteiger partial charge in [0.15, 0.2) is 0 Å². The molecule has 1 fully saturated rings. The number of carboxylic acid groups (broad SMARTS) is 1. The first-order chi connectivity index (χ1) is 8.00. The molecule has 1 aliphatic carbocycles. The van der Waals surface area contributed by atoms with Crippen LogP contribution >= 0.6 is 0 Å². The summed E-state index contributed by atoms with van der Waals surface area (Å²) in [5, 5.41) is 9.74. The Morgan fingerprint density at radius 3 is 2.41 bits per heavy atom. The Kier molecular flexibility index (Phi) is 3.30. The molecule has 0 aromatic rings. The molecular formula is C14H23NO2. The third-order valence-electron chi connectivity index (χ3n) is 4.90. The van der Waals surface area contributed by atoms with Gasteiger partial charge in [0, 0.05) is 5.41 Å². The van der Waals surface area contributed by atoms with E-state index < -0.39 is 11.4 Å². The average Bonchev–Trinajstić information content (AvgIpc) is 2.30. The first-order valence-electron chi connectivity index (χ1n) is 6.60. The summed E-state index contributed by atoms with van der Waals surface area (Å²) in [7, 11) is 2.07. The van der Waals surface area contributed by atoms with Crippen molar-refractivity contribution in [3.05, 3.63) is 12.2 Å². The molecule has 2 rings (SSSR count). The molecule has 1 aliphatic heterocycles. The van der Waals surface area contributed by atoms with Crippen molar-refractivity contribution < 1.29 is 9.90 Å². The highest BCUT2D eigenvalue weighted by molar-refractivity contribution is 5.76. The molecule has 3 nitrogen and oxygen atoms in total. The fraction of sp³-hybridized carbons (Fsp3) is 0.786. The average molecular weight is 237 g/mol. The topological polar surface area (TPSA) is 40.5 Å². The van der Waals surface area contributed by atoms with Crippen LogP contribution in [0.3, 0.4) is 0 Å². The monoisotopic (exact) mass is 237 g/mol. The number of hydrogen-bond acceptors (Lipinski definition) is 2. The van der Waals surface area contributed by atoms with E-state index in [0.717, 1.165) is 45.2 Å². The molecule has 2 aliphatic rings. The van der Waals surface area contributed by atoms with Crippen molar-refractivity contribution in [2.24, 2.45) is 10.8 Å². The molecule has 17 heavy (non-hydrogen) atoms. The molecule has 1 unspecified atom stereocenters. The Morgan fingerprint density at radius 2 is 1.94 bits per heavy atom. The van der Waals surface area contributed by atoms with Gasteiger partial charge in [-0.2, -0.15) is 0 Å². The van der Waals surface area contributed by atoms with E-state index in [1.807, 2.05) is 0 Å². The molecule has 0 radical (unpaired) electrons. The van der Waals surface area contributed by atoms with Crippen LogP contribution in [0.1, 0.15) is 39.0 Å². The van der Waals surface area contributed by atoms with E-state index in [2.05, 4.69) is 31.0 Å². The predicted octanol–water partition coefficient (Wildman–Crippen LogP) is 2.53. The number of aliphatic carboxylic acids is 1. The third kappa shape index (κ3) is 2.01. The highest BCUT2D eigenvalue weighted by Crippen LogP contribution is 2.52. The molecule has 96 valence electrons. The standard InChI is InChI=1S/C14H23NO2/c1-13(6-4-3-5-7-13)14(12(16)17)8-10-15(2)11-9-14/h4,6H,3,5,7-11H2,1-2H3,(H,16,17). The Morgan fingerprint density at radius 1 is 1.29 bits per heavy atom. The van der Waals surface area contributed by atoms with Crippen LogP contribution in [0.15, 0.2) is 12.2 Å². The predicted molar refractivity (Wildman–Crippen MR) is 67.9 cm³/mol. The van der Waals surface area contributed by atoms with E-state index in [-0.39, 0.29) is 5.41 Å². The first-order valence-corrected chi connectivity index (χ1v) is 6.60. The number of nitrogens with zero attached hydrogens (tertiary/aromatic N) is 1. The van der Waals surface area contributed by atoms with Gasteiger partial charge in [0.2, 0.25) is 0 Å². The zero-order valence-corrected chi connectivity index (χ0v) is 10.9. The van der Waals surface area contributed by atoms with Crippen molar-refractivity contribution in [3.63, 3.8) is 0 Å². The van der Waals surface area contributed by atoms with Crippen molar-refractivity contribution in [2.45, 2.75) is 39.0 Å². The van der Waals surface area contributed by atoms with Gasteiger partial charge in [-0.1, -0.05) is 19.1 Å². The number of rotatable bonds is 2. The van der Waals surface area contributed by atoms with Crippen LogP contribution in [0.25, 0.3) is 0 Å². The number of hydrogen-bond donors (Lipinski definition) is 1. The van der Waals surface area contributed by atoms with E-state index in [4.69, 9.17) is 0 Å². The lowest BCUT2D eigenvalue weighted by atomic mass is 9.56. The fourth-order valence-electron chi connectivity index (χ4n) is 3.44. The summed E-state index contributed by atoms with van der Waals surface area (Å²) in [6, 6.07) is 0. The molecule has 0 aromatic carbocycles. The molecule has 0 spiro atoms.